The molecule has 1 aromatic heterocycles. The predicted octanol–water partition coefficient (Wildman–Crippen LogP) is 5.61. The molecule has 0 spiro atoms. The molecule has 0 saturated heterocycles. The summed E-state index contributed by atoms with van der Waals surface area (Å²) in [5.41, 5.74) is 3.16. The van der Waals surface area contributed by atoms with E-state index < -0.39 is 0 Å². The van der Waals surface area contributed by atoms with Crippen molar-refractivity contribution in [2.75, 3.05) is 5.32 Å². The van der Waals surface area contributed by atoms with Gasteiger partial charge in [0.15, 0.2) is 0 Å². The molecule has 0 atom stereocenters. The lowest BCUT2D eigenvalue weighted by atomic mass is 10.2. The molecule has 0 aliphatic carbocycles. The Balaban J connectivity index is 1.72. The maximum Gasteiger partial charge on any atom is 0.230 e. The molecule has 0 saturated carbocycles. The maximum atomic E-state index is 12.2. The van der Waals surface area contributed by atoms with Crippen LogP contribution < -0.4 is 5.32 Å². The fraction of sp³-hybridized carbons (Fsp3) is 0.111. The number of hydrogen-bond acceptors (Lipinski definition) is 3. The summed E-state index contributed by atoms with van der Waals surface area (Å²) in [7, 11) is 0. The molecule has 24 heavy (non-hydrogen) atoms. The summed E-state index contributed by atoms with van der Waals surface area (Å²) in [6, 6.07) is 13.0. The Labute approximate surface area is 154 Å². The average molecular weight is 377 g/mol. The summed E-state index contributed by atoms with van der Waals surface area (Å²) in [4.78, 5) is 16.8. The molecule has 1 N–H and O–H groups in total. The van der Waals surface area contributed by atoms with Crippen molar-refractivity contribution in [3.8, 4) is 10.6 Å². The van der Waals surface area contributed by atoms with Crippen LogP contribution in [-0.2, 0) is 11.2 Å². The summed E-state index contributed by atoms with van der Waals surface area (Å²) in [6.07, 6.45) is 0.201. The van der Waals surface area contributed by atoms with Crippen molar-refractivity contribution < 1.29 is 4.79 Å². The van der Waals surface area contributed by atoms with Crippen LogP contribution in [0.25, 0.3) is 10.6 Å². The van der Waals surface area contributed by atoms with Crippen LogP contribution in [0.1, 0.15) is 11.3 Å². The Kier molecular flexibility index (Phi) is 5.19. The Morgan fingerprint density at radius 2 is 1.88 bits per heavy atom. The van der Waals surface area contributed by atoms with Crippen LogP contribution in [0, 0.1) is 6.92 Å². The zero-order valence-electron chi connectivity index (χ0n) is 12.8. The van der Waals surface area contributed by atoms with Gasteiger partial charge in [-0.25, -0.2) is 4.98 Å². The molecular formula is C18H14Cl2N2OS. The number of anilines is 1. The Morgan fingerprint density at radius 1 is 1.12 bits per heavy atom. The van der Waals surface area contributed by atoms with Gasteiger partial charge in [-0.3, -0.25) is 4.79 Å². The number of nitrogens with zero attached hydrogens (tertiary/aromatic N) is 1. The molecule has 3 aromatic rings. The monoisotopic (exact) mass is 376 g/mol. The molecule has 3 rings (SSSR count). The van der Waals surface area contributed by atoms with Gasteiger partial charge in [0.2, 0.25) is 5.91 Å². The van der Waals surface area contributed by atoms with E-state index in [4.69, 9.17) is 23.2 Å². The van der Waals surface area contributed by atoms with E-state index in [1.165, 1.54) is 11.3 Å². The summed E-state index contributed by atoms with van der Waals surface area (Å²) in [6.45, 7) is 1.87. The molecule has 0 fully saturated rings. The van der Waals surface area contributed by atoms with E-state index in [2.05, 4.69) is 10.3 Å². The minimum absolute atomic E-state index is 0.128. The van der Waals surface area contributed by atoms with E-state index >= 15 is 0 Å². The number of thiazole rings is 1. The second kappa shape index (κ2) is 7.34. The first-order valence-electron chi connectivity index (χ1n) is 7.29. The Bertz CT molecular complexity index is 892. The van der Waals surface area contributed by atoms with Crippen LogP contribution in [0.4, 0.5) is 5.69 Å². The van der Waals surface area contributed by atoms with Gasteiger partial charge in [0.05, 0.1) is 17.1 Å². The van der Waals surface area contributed by atoms with Gasteiger partial charge in [0.1, 0.15) is 5.01 Å². The number of benzene rings is 2. The van der Waals surface area contributed by atoms with Crippen molar-refractivity contribution in [3.05, 3.63) is 69.1 Å². The van der Waals surface area contributed by atoms with Crippen molar-refractivity contribution in [2.45, 2.75) is 13.3 Å². The zero-order chi connectivity index (χ0) is 17.1. The lowest BCUT2D eigenvalue weighted by Gasteiger charge is -2.08. The Morgan fingerprint density at radius 3 is 2.67 bits per heavy atom. The van der Waals surface area contributed by atoms with Crippen LogP contribution in [0.3, 0.4) is 0 Å². The molecule has 122 valence electrons. The normalized spacial score (nSPS) is 10.6. The summed E-state index contributed by atoms with van der Waals surface area (Å²) in [5, 5.41) is 6.84. The molecule has 3 nitrogen and oxygen atoms in total. The molecular weight excluding hydrogens is 363 g/mol. The van der Waals surface area contributed by atoms with Crippen LogP contribution in [-0.4, -0.2) is 10.9 Å². The molecule has 0 aliphatic heterocycles. The topological polar surface area (TPSA) is 42.0 Å². The van der Waals surface area contributed by atoms with Gasteiger partial charge in [-0.2, -0.15) is 0 Å². The highest BCUT2D eigenvalue weighted by Crippen LogP contribution is 2.30. The highest BCUT2D eigenvalue weighted by molar-refractivity contribution is 7.13. The van der Waals surface area contributed by atoms with Crippen molar-refractivity contribution in [3.63, 3.8) is 0 Å². The first kappa shape index (κ1) is 17.0. The number of hydrogen-bond donors (Lipinski definition) is 1. The molecule has 6 heteroatoms. The number of nitrogens with one attached hydrogen (secondary N) is 1. The van der Waals surface area contributed by atoms with Crippen molar-refractivity contribution >= 4 is 46.1 Å². The quantitative estimate of drug-likeness (QED) is 0.642. The highest BCUT2D eigenvalue weighted by atomic mass is 35.5. The number of carbonyl (C=O) groups excluding carboxylic acids is 1. The molecule has 1 amide bonds. The fourth-order valence-corrected chi connectivity index (χ4v) is 3.56. The summed E-state index contributed by atoms with van der Waals surface area (Å²) < 4.78 is 0. The van der Waals surface area contributed by atoms with Gasteiger partial charge in [-0.15, -0.1) is 11.3 Å². The van der Waals surface area contributed by atoms with Crippen LogP contribution in [0.5, 0.6) is 0 Å². The standard InChI is InChI=1S/C18H14Cl2N2OS/c1-11-14(19)7-4-8-16(11)22-17(23)9-12-10-24-18(21-12)13-5-2-3-6-15(13)20/h2-8,10H,9H2,1H3,(H,22,23). The average Bonchev–Trinajstić information content (AvgIpc) is 3.00. The fourth-order valence-electron chi connectivity index (χ4n) is 2.25. The number of aromatic nitrogens is 1. The Hall–Kier alpha value is -1.88. The predicted molar refractivity (Wildman–Crippen MR) is 101 cm³/mol. The number of amides is 1. The minimum Gasteiger partial charge on any atom is -0.325 e. The van der Waals surface area contributed by atoms with Gasteiger partial charge in [0, 0.05) is 21.7 Å². The molecule has 0 radical (unpaired) electrons. The molecule has 1 heterocycles. The summed E-state index contributed by atoms with van der Waals surface area (Å²) >= 11 is 13.7. The van der Waals surface area contributed by atoms with Gasteiger partial charge < -0.3 is 5.32 Å². The second-order valence-corrected chi connectivity index (χ2v) is 6.93. The smallest absolute Gasteiger partial charge is 0.230 e. The minimum atomic E-state index is -0.128. The largest absolute Gasteiger partial charge is 0.325 e. The maximum absolute atomic E-state index is 12.2. The van der Waals surface area contributed by atoms with Crippen LogP contribution >= 0.6 is 34.5 Å². The zero-order valence-corrected chi connectivity index (χ0v) is 15.2. The third-order valence-electron chi connectivity index (χ3n) is 3.54. The molecule has 0 bridgehead atoms. The van der Waals surface area contributed by atoms with Gasteiger partial charge in [-0.1, -0.05) is 47.5 Å². The van der Waals surface area contributed by atoms with Gasteiger partial charge >= 0.3 is 0 Å². The number of carbonyl (C=O) groups is 1. The summed E-state index contributed by atoms with van der Waals surface area (Å²) in [5.74, 6) is -0.128. The van der Waals surface area contributed by atoms with Crippen molar-refractivity contribution in [1.29, 1.82) is 0 Å². The van der Waals surface area contributed by atoms with E-state index in [1.54, 1.807) is 6.07 Å². The van der Waals surface area contributed by atoms with Gasteiger partial charge in [-0.05, 0) is 30.7 Å². The van der Waals surface area contributed by atoms with E-state index in [0.717, 1.165) is 16.1 Å². The molecule has 2 aromatic carbocycles. The molecule has 0 unspecified atom stereocenters. The first-order chi connectivity index (χ1) is 11.5. The third kappa shape index (κ3) is 3.78. The number of halogens is 2. The van der Waals surface area contributed by atoms with Crippen LogP contribution in [0.2, 0.25) is 10.0 Å². The van der Waals surface area contributed by atoms with E-state index in [1.807, 2.05) is 48.7 Å². The van der Waals surface area contributed by atoms with E-state index in [9.17, 15) is 4.79 Å². The van der Waals surface area contributed by atoms with Crippen LogP contribution in [0.15, 0.2) is 47.8 Å². The lowest BCUT2D eigenvalue weighted by molar-refractivity contribution is -0.115. The highest BCUT2D eigenvalue weighted by Gasteiger charge is 2.12. The van der Waals surface area contributed by atoms with E-state index in [0.29, 0.717) is 21.4 Å². The SMILES string of the molecule is Cc1c(Cl)cccc1NC(=O)Cc1csc(-c2ccccc2Cl)n1. The lowest BCUT2D eigenvalue weighted by Crippen LogP contribution is -2.15. The number of rotatable bonds is 4. The third-order valence-corrected chi connectivity index (χ3v) is 5.20. The second-order valence-electron chi connectivity index (χ2n) is 5.26. The molecule has 0 aliphatic rings. The first-order valence-corrected chi connectivity index (χ1v) is 8.92. The van der Waals surface area contributed by atoms with E-state index in [-0.39, 0.29) is 12.3 Å². The van der Waals surface area contributed by atoms with Crippen molar-refractivity contribution in [1.82, 2.24) is 4.98 Å². The van der Waals surface area contributed by atoms with Crippen molar-refractivity contribution in [2.24, 2.45) is 0 Å². The van der Waals surface area contributed by atoms with Gasteiger partial charge in [0.25, 0.3) is 0 Å².